The molecule has 0 aliphatic carbocycles. The van der Waals surface area contributed by atoms with Crippen LogP contribution in [0, 0.1) is 5.82 Å². The summed E-state index contributed by atoms with van der Waals surface area (Å²) in [5.74, 6) is 0.546. The number of halogens is 2. The first-order valence-corrected chi connectivity index (χ1v) is 7.40. The SMILES string of the molecule is CN1CC[C@H](NCc2ncc[nH]2)[C@H]1c1ccc(Cl)c(F)c1. The third-order valence-corrected chi connectivity index (χ3v) is 4.33. The smallest absolute Gasteiger partial charge is 0.142 e. The first-order chi connectivity index (χ1) is 10.1. The number of benzene rings is 1. The Balaban J connectivity index is 1.75. The van der Waals surface area contributed by atoms with Gasteiger partial charge in [-0.1, -0.05) is 17.7 Å². The van der Waals surface area contributed by atoms with Crippen molar-refractivity contribution in [2.75, 3.05) is 13.6 Å². The first kappa shape index (κ1) is 14.5. The number of imidazole rings is 1. The van der Waals surface area contributed by atoms with Gasteiger partial charge in [0, 0.05) is 31.0 Å². The Hall–Kier alpha value is -1.43. The van der Waals surface area contributed by atoms with Crippen LogP contribution < -0.4 is 5.32 Å². The van der Waals surface area contributed by atoms with Crippen LogP contribution in [0.5, 0.6) is 0 Å². The van der Waals surface area contributed by atoms with Gasteiger partial charge in [-0.2, -0.15) is 0 Å². The van der Waals surface area contributed by atoms with Crippen molar-refractivity contribution in [2.24, 2.45) is 0 Å². The average Bonchev–Trinajstić information content (AvgIpc) is 3.09. The molecule has 112 valence electrons. The molecule has 1 aromatic carbocycles. The molecule has 0 amide bonds. The lowest BCUT2D eigenvalue weighted by molar-refractivity contribution is 0.285. The van der Waals surface area contributed by atoms with E-state index in [1.807, 2.05) is 12.3 Å². The quantitative estimate of drug-likeness (QED) is 0.913. The Bertz CT molecular complexity index is 602. The van der Waals surface area contributed by atoms with E-state index in [0.717, 1.165) is 24.4 Å². The number of likely N-dealkylation sites (N-methyl/N-ethyl adjacent to an activating group) is 1. The van der Waals surface area contributed by atoms with E-state index in [1.165, 1.54) is 6.07 Å². The van der Waals surface area contributed by atoms with E-state index in [2.05, 4.69) is 27.2 Å². The molecule has 1 saturated heterocycles. The van der Waals surface area contributed by atoms with Crippen molar-refractivity contribution in [2.45, 2.75) is 25.0 Å². The van der Waals surface area contributed by atoms with Gasteiger partial charge >= 0.3 is 0 Å². The fourth-order valence-corrected chi connectivity index (χ4v) is 3.08. The van der Waals surface area contributed by atoms with Crippen LogP contribution in [0.25, 0.3) is 0 Å². The Morgan fingerprint density at radius 2 is 2.38 bits per heavy atom. The second kappa shape index (κ2) is 6.13. The molecule has 4 nitrogen and oxygen atoms in total. The minimum atomic E-state index is -0.362. The molecule has 0 unspecified atom stereocenters. The standard InChI is InChI=1S/C15H18ClFN4/c1-21-7-4-13(20-9-14-18-5-6-19-14)15(21)10-2-3-11(16)12(17)8-10/h2-3,5-6,8,13,15,20H,4,7,9H2,1H3,(H,18,19)/t13-,15+/m0/s1. The number of hydrogen-bond acceptors (Lipinski definition) is 3. The van der Waals surface area contributed by atoms with E-state index in [4.69, 9.17) is 11.6 Å². The maximum atomic E-state index is 13.7. The van der Waals surface area contributed by atoms with Gasteiger partial charge in [0.25, 0.3) is 0 Å². The highest BCUT2D eigenvalue weighted by atomic mass is 35.5. The summed E-state index contributed by atoms with van der Waals surface area (Å²) < 4.78 is 13.7. The fourth-order valence-electron chi connectivity index (χ4n) is 2.97. The minimum Gasteiger partial charge on any atom is -0.348 e. The van der Waals surface area contributed by atoms with Gasteiger partial charge in [0.1, 0.15) is 11.6 Å². The van der Waals surface area contributed by atoms with Crippen LogP contribution in [0.1, 0.15) is 23.9 Å². The van der Waals surface area contributed by atoms with Crippen LogP contribution in [-0.2, 0) is 6.54 Å². The molecule has 3 rings (SSSR count). The maximum absolute atomic E-state index is 13.7. The number of likely N-dealkylation sites (tertiary alicyclic amines) is 1. The zero-order valence-corrected chi connectivity index (χ0v) is 12.6. The largest absolute Gasteiger partial charge is 0.348 e. The van der Waals surface area contributed by atoms with Gasteiger partial charge in [0.05, 0.1) is 11.6 Å². The predicted molar refractivity (Wildman–Crippen MR) is 80.6 cm³/mol. The highest BCUT2D eigenvalue weighted by Gasteiger charge is 2.33. The molecule has 6 heteroatoms. The fraction of sp³-hybridized carbons (Fsp3) is 0.400. The number of nitrogens with zero attached hydrogens (tertiary/aromatic N) is 2. The molecule has 0 radical (unpaired) electrons. The summed E-state index contributed by atoms with van der Waals surface area (Å²) in [6.45, 7) is 1.66. The molecule has 2 N–H and O–H groups in total. The minimum absolute atomic E-state index is 0.145. The molecule has 1 aromatic heterocycles. The van der Waals surface area contributed by atoms with Crippen LogP contribution in [0.3, 0.4) is 0 Å². The van der Waals surface area contributed by atoms with Crippen molar-refractivity contribution in [3.63, 3.8) is 0 Å². The topological polar surface area (TPSA) is 44.0 Å². The first-order valence-electron chi connectivity index (χ1n) is 7.02. The van der Waals surface area contributed by atoms with Crippen LogP contribution in [-0.4, -0.2) is 34.5 Å². The van der Waals surface area contributed by atoms with Crippen LogP contribution in [0.15, 0.2) is 30.6 Å². The molecular formula is C15H18ClFN4. The molecule has 0 saturated carbocycles. The van der Waals surface area contributed by atoms with Gasteiger partial charge in [-0.05, 0) is 31.2 Å². The average molecular weight is 309 g/mol. The number of rotatable bonds is 4. The summed E-state index contributed by atoms with van der Waals surface area (Å²) in [5.41, 5.74) is 0.953. The van der Waals surface area contributed by atoms with Crippen LogP contribution in [0.2, 0.25) is 5.02 Å². The summed E-state index contributed by atoms with van der Waals surface area (Å²) in [4.78, 5) is 9.53. The van der Waals surface area contributed by atoms with Gasteiger partial charge in [0.15, 0.2) is 0 Å². The highest BCUT2D eigenvalue weighted by molar-refractivity contribution is 6.30. The molecule has 2 atom stereocenters. The molecule has 1 fully saturated rings. The van der Waals surface area contributed by atoms with Gasteiger partial charge < -0.3 is 10.3 Å². The zero-order chi connectivity index (χ0) is 14.8. The lowest BCUT2D eigenvalue weighted by atomic mass is 10.00. The van der Waals surface area contributed by atoms with Crippen molar-refractivity contribution in [3.05, 3.63) is 52.8 Å². The van der Waals surface area contributed by atoms with Crippen molar-refractivity contribution in [1.29, 1.82) is 0 Å². The second-order valence-electron chi connectivity index (χ2n) is 5.41. The number of nitrogens with one attached hydrogen (secondary N) is 2. The molecule has 2 aromatic rings. The molecular weight excluding hydrogens is 291 g/mol. The summed E-state index contributed by atoms with van der Waals surface area (Å²) in [7, 11) is 2.06. The van der Waals surface area contributed by atoms with Gasteiger partial charge in [-0.25, -0.2) is 9.37 Å². The van der Waals surface area contributed by atoms with Crippen molar-refractivity contribution < 1.29 is 4.39 Å². The van der Waals surface area contributed by atoms with E-state index >= 15 is 0 Å². The Morgan fingerprint density at radius 1 is 1.52 bits per heavy atom. The number of H-pyrrole nitrogens is 1. The van der Waals surface area contributed by atoms with E-state index in [0.29, 0.717) is 6.54 Å². The summed E-state index contributed by atoms with van der Waals surface area (Å²) >= 11 is 5.77. The number of aromatic nitrogens is 2. The number of aromatic amines is 1. The molecule has 0 bridgehead atoms. The Labute approximate surface area is 128 Å². The predicted octanol–water partition coefficient (Wildman–Crippen LogP) is 2.74. The third-order valence-electron chi connectivity index (χ3n) is 4.02. The lowest BCUT2D eigenvalue weighted by Gasteiger charge is -2.26. The van der Waals surface area contributed by atoms with E-state index < -0.39 is 0 Å². The Morgan fingerprint density at radius 3 is 3.10 bits per heavy atom. The van der Waals surface area contributed by atoms with E-state index in [9.17, 15) is 4.39 Å². The summed E-state index contributed by atoms with van der Waals surface area (Å²) in [6.07, 6.45) is 4.57. The summed E-state index contributed by atoms with van der Waals surface area (Å²) in [5, 5.41) is 3.67. The van der Waals surface area contributed by atoms with Gasteiger partial charge in [-0.3, -0.25) is 4.90 Å². The summed E-state index contributed by atoms with van der Waals surface area (Å²) in [6, 6.07) is 5.48. The second-order valence-corrected chi connectivity index (χ2v) is 5.82. The van der Waals surface area contributed by atoms with E-state index in [1.54, 1.807) is 12.3 Å². The molecule has 1 aliphatic heterocycles. The third kappa shape index (κ3) is 3.10. The number of hydrogen-bond donors (Lipinski definition) is 2. The molecule has 2 heterocycles. The lowest BCUT2D eigenvalue weighted by Crippen LogP contribution is -2.34. The van der Waals surface area contributed by atoms with Crippen molar-refractivity contribution in [1.82, 2.24) is 20.2 Å². The normalized spacial score (nSPS) is 22.8. The Kier molecular flexibility index (Phi) is 4.24. The molecule has 21 heavy (non-hydrogen) atoms. The van der Waals surface area contributed by atoms with Crippen molar-refractivity contribution in [3.8, 4) is 0 Å². The molecule has 0 spiro atoms. The van der Waals surface area contributed by atoms with Gasteiger partial charge in [0.2, 0.25) is 0 Å². The monoisotopic (exact) mass is 308 g/mol. The maximum Gasteiger partial charge on any atom is 0.142 e. The van der Waals surface area contributed by atoms with Crippen LogP contribution in [0.4, 0.5) is 4.39 Å². The highest BCUT2D eigenvalue weighted by Crippen LogP contribution is 2.32. The molecule has 1 aliphatic rings. The van der Waals surface area contributed by atoms with Crippen molar-refractivity contribution >= 4 is 11.6 Å². The van der Waals surface area contributed by atoms with Crippen LogP contribution >= 0.6 is 11.6 Å². The van der Waals surface area contributed by atoms with Gasteiger partial charge in [-0.15, -0.1) is 0 Å². The van der Waals surface area contributed by atoms with E-state index in [-0.39, 0.29) is 22.9 Å². The zero-order valence-electron chi connectivity index (χ0n) is 11.8.